The molecule has 0 aliphatic heterocycles. The van der Waals surface area contributed by atoms with Crippen LogP contribution in [0, 0.1) is 0 Å². The third kappa shape index (κ3) is 5.85. The van der Waals surface area contributed by atoms with Crippen molar-refractivity contribution in [1.29, 1.82) is 0 Å². The molecule has 0 aromatic heterocycles. The molecule has 0 saturated heterocycles. The minimum absolute atomic E-state index is 0.180. The highest BCUT2D eigenvalue weighted by molar-refractivity contribution is 5.92. The largest absolute Gasteiger partial charge is 0.466 e. The van der Waals surface area contributed by atoms with Gasteiger partial charge in [-0.1, -0.05) is 64.1 Å². The second kappa shape index (κ2) is 10.4. The van der Waals surface area contributed by atoms with Crippen LogP contribution in [0.4, 0.5) is 0 Å². The molecule has 0 N–H and O–H groups in total. The number of ether oxygens (including phenoxy) is 2. The SMILES string of the molecule is COC(=O)C=CC(=CCCc1ccc2c(c1)C(C)(C)CCC2(C)C)c1cccc(C(=O)OC)c1. The maximum atomic E-state index is 12.0. The van der Waals surface area contributed by atoms with Crippen molar-refractivity contribution < 1.29 is 19.1 Å². The van der Waals surface area contributed by atoms with E-state index < -0.39 is 11.9 Å². The van der Waals surface area contributed by atoms with Crippen LogP contribution in [-0.2, 0) is 31.5 Å². The van der Waals surface area contributed by atoms with Gasteiger partial charge in [-0.05, 0) is 82.5 Å². The first kappa shape index (κ1) is 25.5. The van der Waals surface area contributed by atoms with Crippen molar-refractivity contribution in [3.05, 3.63) is 88.5 Å². The van der Waals surface area contributed by atoms with E-state index in [9.17, 15) is 9.59 Å². The van der Waals surface area contributed by atoms with Gasteiger partial charge >= 0.3 is 11.9 Å². The maximum absolute atomic E-state index is 12.0. The molecule has 180 valence electrons. The highest BCUT2D eigenvalue weighted by Gasteiger charge is 2.36. The van der Waals surface area contributed by atoms with Gasteiger partial charge in [0.25, 0.3) is 0 Å². The van der Waals surface area contributed by atoms with Crippen molar-refractivity contribution in [3.63, 3.8) is 0 Å². The van der Waals surface area contributed by atoms with Crippen LogP contribution in [0.3, 0.4) is 0 Å². The van der Waals surface area contributed by atoms with E-state index in [1.54, 1.807) is 18.2 Å². The fraction of sp³-hybridized carbons (Fsp3) is 0.400. The molecule has 1 aliphatic carbocycles. The summed E-state index contributed by atoms with van der Waals surface area (Å²) in [4.78, 5) is 23.7. The van der Waals surface area contributed by atoms with Gasteiger partial charge in [-0.2, -0.15) is 0 Å². The van der Waals surface area contributed by atoms with Gasteiger partial charge in [-0.25, -0.2) is 9.59 Å². The van der Waals surface area contributed by atoms with Crippen molar-refractivity contribution in [2.24, 2.45) is 0 Å². The molecule has 0 unspecified atom stereocenters. The highest BCUT2D eigenvalue weighted by atomic mass is 16.5. The molecule has 0 heterocycles. The Balaban J connectivity index is 1.87. The van der Waals surface area contributed by atoms with E-state index in [1.807, 2.05) is 12.1 Å². The summed E-state index contributed by atoms with van der Waals surface area (Å²) in [5, 5.41) is 0. The Bertz CT molecular complexity index is 1120. The topological polar surface area (TPSA) is 52.6 Å². The van der Waals surface area contributed by atoms with Crippen LogP contribution < -0.4 is 0 Å². The Labute approximate surface area is 203 Å². The number of rotatable bonds is 7. The third-order valence-corrected chi connectivity index (χ3v) is 6.93. The smallest absolute Gasteiger partial charge is 0.337 e. The van der Waals surface area contributed by atoms with Gasteiger partial charge in [0.15, 0.2) is 0 Å². The lowest BCUT2D eigenvalue weighted by Gasteiger charge is -2.42. The number of hydrogen-bond donors (Lipinski definition) is 0. The molecule has 3 rings (SSSR count). The molecule has 0 radical (unpaired) electrons. The third-order valence-electron chi connectivity index (χ3n) is 6.93. The summed E-state index contributed by atoms with van der Waals surface area (Å²) in [6, 6.07) is 14.2. The normalized spacial score (nSPS) is 16.7. The zero-order valence-corrected chi connectivity index (χ0v) is 21.2. The molecule has 2 aromatic rings. The Morgan fingerprint density at radius 1 is 0.853 bits per heavy atom. The standard InChI is InChI=1S/C30H36O4/c1-29(2)17-18-30(3,4)26-19-21(13-15-25(26)29)9-7-10-22(14-16-27(31)33-5)23-11-8-12-24(20-23)28(32)34-6/h8,10-16,19-20H,7,9,17-18H2,1-6H3. The van der Waals surface area contributed by atoms with Gasteiger partial charge in [0.05, 0.1) is 19.8 Å². The maximum Gasteiger partial charge on any atom is 0.337 e. The Kier molecular flexibility index (Phi) is 7.81. The van der Waals surface area contributed by atoms with Crippen molar-refractivity contribution in [2.75, 3.05) is 14.2 Å². The minimum Gasteiger partial charge on any atom is -0.466 e. The molecule has 0 amide bonds. The zero-order valence-electron chi connectivity index (χ0n) is 21.2. The fourth-order valence-corrected chi connectivity index (χ4v) is 4.64. The average Bonchev–Trinajstić information content (AvgIpc) is 2.83. The van der Waals surface area contributed by atoms with Gasteiger partial charge in [-0.3, -0.25) is 0 Å². The van der Waals surface area contributed by atoms with E-state index in [0.29, 0.717) is 5.56 Å². The molecule has 1 aliphatic rings. The van der Waals surface area contributed by atoms with E-state index in [4.69, 9.17) is 9.47 Å². The van der Waals surface area contributed by atoms with E-state index in [-0.39, 0.29) is 10.8 Å². The Morgan fingerprint density at radius 3 is 2.21 bits per heavy atom. The molecule has 4 nitrogen and oxygen atoms in total. The second-order valence-corrected chi connectivity index (χ2v) is 10.3. The summed E-state index contributed by atoms with van der Waals surface area (Å²) in [7, 11) is 2.72. The first-order valence-electron chi connectivity index (χ1n) is 11.9. The van der Waals surface area contributed by atoms with E-state index >= 15 is 0 Å². The average molecular weight is 461 g/mol. The van der Waals surface area contributed by atoms with E-state index in [0.717, 1.165) is 24.0 Å². The molecule has 0 fully saturated rings. The fourth-order valence-electron chi connectivity index (χ4n) is 4.64. The molecule has 2 aromatic carbocycles. The number of hydrogen-bond acceptors (Lipinski definition) is 4. The molecular weight excluding hydrogens is 424 g/mol. The minimum atomic E-state index is -0.422. The first-order valence-corrected chi connectivity index (χ1v) is 11.9. The van der Waals surface area contributed by atoms with Gasteiger partial charge in [0.2, 0.25) is 0 Å². The highest BCUT2D eigenvalue weighted by Crippen LogP contribution is 2.46. The zero-order chi connectivity index (χ0) is 24.9. The summed E-state index contributed by atoms with van der Waals surface area (Å²) in [6.45, 7) is 9.36. The molecule has 0 atom stereocenters. The molecule has 34 heavy (non-hydrogen) atoms. The predicted octanol–water partition coefficient (Wildman–Crippen LogP) is 6.57. The number of benzene rings is 2. The van der Waals surface area contributed by atoms with Gasteiger partial charge in [0, 0.05) is 6.08 Å². The van der Waals surface area contributed by atoms with Crippen LogP contribution in [0.2, 0.25) is 0 Å². The van der Waals surface area contributed by atoms with Crippen molar-refractivity contribution in [3.8, 4) is 0 Å². The lowest BCUT2D eigenvalue weighted by Crippen LogP contribution is -2.33. The van der Waals surface area contributed by atoms with Crippen LogP contribution in [0.1, 0.15) is 79.6 Å². The lowest BCUT2D eigenvalue weighted by atomic mass is 9.63. The second-order valence-electron chi connectivity index (χ2n) is 10.3. The van der Waals surface area contributed by atoms with Gasteiger partial charge in [0.1, 0.15) is 0 Å². The van der Waals surface area contributed by atoms with Gasteiger partial charge < -0.3 is 9.47 Å². The summed E-state index contributed by atoms with van der Waals surface area (Å²) >= 11 is 0. The summed E-state index contributed by atoms with van der Waals surface area (Å²) in [6.07, 6.45) is 9.32. The monoisotopic (exact) mass is 460 g/mol. The number of allylic oxidation sites excluding steroid dienone is 3. The molecular formula is C30H36O4. The van der Waals surface area contributed by atoms with Crippen LogP contribution in [0.15, 0.2) is 60.7 Å². The molecule has 0 spiro atoms. The number of methoxy groups -OCH3 is 2. The lowest BCUT2D eigenvalue weighted by molar-refractivity contribution is -0.134. The number of esters is 2. The van der Waals surface area contributed by atoms with E-state index in [2.05, 4.69) is 52.0 Å². The molecule has 0 saturated carbocycles. The molecule has 4 heteroatoms. The summed E-state index contributed by atoms with van der Waals surface area (Å²) in [5.74, 6) is -0.813. The first-order chi connectivity index (χ1) is 16.1. The number of carbonyl (C=O) groups excluding carboxylic acids is 2. The van der Waals surface area contributed by atoms with Crippen LogP contribution in [-0.4, -0.2) is 26.2 Å². The molecule has 0 bridgehead atoms. The van der Waals surface area contributed by atoms with Crippen molar-refractivity contribution in [2.45, 2.75) is 64.2 Å². The van der Waals surface area contributed by atoms with Crippen LogP contribution in [0.25, 0.3) is 5.57 Å². The number of carbonyl (C=O) groups is 2. The summed E-state index contributed by atoms with van der Waals surface area (Å²) in [5.41, 5.74) is 6.79. The number of aryl methyl sites for hydroxylation is 1. The van der Waals surface area contributed by atoms with Crippen LogP contribution >= 0.6 is 0 Å². The van der Waals surface area contributed by atoms with Crippen molar-refractivity contribution >= 4 is 17.5 Å². The van der Waals surface area contributed by atoms with Crippen molar-refractivity contribution in [1.82, 2.24) is 0 Å². The predicted molar refractivity (Wildman–Crippen MR) is 137 cm³/mol. The Hall–Kier alpha value is -3.14. The quantitative estimate of drug-likeness (QED) is 0.266. The van der Waals surface area contributed by atoms with Gasteiger partial charge in [-0.15, -0.1) is 0 Å². The number of fused-ring (bicyclic) bond motifs is 1. The summed E-state index contributed by atoms with van der Waals surface area (Å²) < 4.78 is 9.60. The van der Waals surface area contributed by atoms with E-state index in [1.165, 1.54) is 49.8 Å². The van der Waals surface area contributed by atoms with Crippen LogP contribution in [0.5, 0.6) is 0 Å². The Morgan fingerprint density at radius 2 is 1.53 bits per heavy atom.